The van der Waals surface area contributed by atoms with Crippen molar-refractivity contribution >= 4 is 10.0 Å². The van der Waals surface area contributed by atoms with E-state index in [1.807, 2.05) is 6.07 Å². The van der Waals surface area contributed by atoms with Gasteiger partial charge in [0.05, 0.1) is 4.90 Å². The Morgan fingerprint density at radius 1 is 1.41 bits per heavy atom. The largest absolute Gasteiger partial charge is 0.339 e. The minimum absolute atomic E-state index is 0.0940. The molecular weight excluding hydrogens is 302 g/mol. The second-order valence-electron chi connectivity index (χ2n) is 5.90. The van der Waals surface area contributed by atoms with Crippen LogP contribution in [0.25, 0.3) is 0 Å². The summed E-state index contributed by atoms with van der Waals surface area (Å²) in [7, 11) is -3.70. The Balaban J connectivity index is 1.75. The number of sulfonamides is 1. The van der Waals surface area contributed by atoms with Gasteiger partial charge in [-0.05, 0) is 36.5 Å². The molecule has 1 heterocycles. The first-order valence-corrected chi connectivity index (χ1v) is 8.92. The van der Waals surface area contributed by atoms with Crippen molar-refractivity contribution < 1.29 is 12.9 Å². The lowest BCUT2D eigenvalue weighted by atomic mass is 9.77. The maximum Gasteiger partial charge on any atom is 0.238 e. The van der Waals surface area contributed by atoms with E-state index in [1.54, 1.807) is 12.1 Å². The summed E-state index contributed by atoms with van der Waals surface area (Å²) in [6.45, 7) is 2.11. The van der Waals surface area contributed by atoms with Crippen LogP contribution in [0.4, 0.5) is 0 Å². The molecule has 3 rings (SSSR count). The molecule has 6 nitrogen and oxygen atoms in total. The van der Waals surface area contributed by atoms with E-state index in [-0.39, 0.29) is 10.8 Å². The van der Waals surface area contributed by atoms with Gasteiger partial charge in [0.25, 0.3) is 0 Å². The lowest BCUT2D eigenvalue weighted by Crippen LogP contribution is -2.18. The van der Waals surface area contributed by atoms with Crippen LogP contribution in [0.1, 0.15) is 49.4 Å². The molecule has 0 radical (unpaired) electrons. The van der Waals surface area contributed by atoms with E-state index in [1.165, 1.54) is 25.3 Å². The van der Waals surface area contributed by atoms with E-state index in [9.17, 15) is 8.42 Å². The maximum absolute atomic E-state index is 11.4. The highest BCUT2D eigenvalue weighted by atomic mass is 32.2. The Hall–Kier alpha value is -1.73. The summed E-state index contributed by atoms with van der Waals surface area (Å²) in [5.41, 5.74) is 0.787. The fourth-order valence-corrected chi connectivity index (χ4v) is 3.26. The maximum atomic E-state index is 11.4. The molecule has 2 aromatic rings. The van der Waals surface area contributed by atoms with Crippen LogP contribution in [0.2, 0.25) is 0 Å². The second-order valence-corrected chi connectivity index (χ2v) is 7.46. The quantitative estimate of drug-likeness (QED) is 0.910. The molecule has 1 atom stereocenters. The number of primary sulfonamides is 1. The number of rotatable bonds is 5. The van der Waals surface area contributed by atoms with Gasteiger partial charge in [0.15, 0.2) is 5.82 Å². The first-order chi connectivity index (χ1) is 10.4. The summed E-state index contributed by atoms with van der Waals surface area (Å²) >= 11 is 0. The normalized spacial score (nSPS) is 17.2. The van der Waals surface area contributed by atoms with Crippen LogP contribution in [0.15, 0.2) is 33.7 Å². The molecule has 0 spiro atoms. The average molecular weight is 321 g/mol. The third kappa shape index (κ3) is 3.20. The summed E-state index contributed by atoms with van der Waals surface area (Å²) in [5, 5.41) is 9.14. The highest BCUT2D eigenvalue weighted by Crippen LogP contribution is 2.38. The molecule has 1 aliphatic rings. The first kappa shape index (κ1) is 15.2. The molecule has 22 heavy (non-hydrogen) atoms. The summed E-state index contributed by atoms with van der Waals surface area (Å²) < 4.78 is 28.1. The fraction of sp³-hybridized carbons (Fsp3) is 0.467. The second kappa shape index (κ2) is 5.81. The number of nitrogens with two attached hydrogens (primary N) is 1. The molecule has 7 heteroatoms. The molecule has 118 valence electrons. The van der Waals surface area contributed by atoms with Crippen LogP contribution in [0.3, 0.4) is 0 Å². The van der Waals surface area contributed by atoms with E-state index in [2.05, 4.69) is 17.1 Å². The Labute approximate surface area is 129 Å². The Morgan fingerprint density at radius 2 is 2.18 bits per heavy atom. The van der Waals surface area contributed by atoms with Crippen LogP contribution >= 0.6 is 0 Å². The lowest BCUT2D eigenvalue weighted by Gasteiger charge is -2.28. The minimum atomic E-state index is -3.70. The zero-order chi connectivity index (χ0) is 15.7. The van der Waals surface area contributed by atoms with Crippen molar-refractivity contribution in [3.63, 3.8) is 0 Å². The zero-order valence-corrected chi connectivity index (χ0v) is 13.2. The first-order valence-electron chi connectivity index (χ1n) is 7.38. The fourth-order valence-electron chi connectivity index (χ4n) is 2.68. The van der Waals surface area contributed by atoms with E-state index < -0.39 is 10.0 Å². The summed E-state index contributed by atoms with van der Waals surface area (Å²) in [5.74, 6) is 2.15. The molecule has 1 unspecified atom stereocenters. The van der Waals surface area contributed by atoms with E-state index in [4.69, 9.17) is 9.66 Å². The molecule has 1 aromatic heterocycles. The summed E-state index contributed by atoms with van der Waals surface area (Å²) in [6.07, 6.45) is 4.13. The monoisotopic (exact) mass is 321 g/mol. The molecule has 0 amide bonds. The van der Waals surface area contributed by atoms with Gasteiger partial charge in [-0.3, -0.25) is 0 Å². The molecule has 0 bridgehead atoms. The van der Waals surface area contributed by atoms with E-state index >= 15 is 0 Å². The molecule has 0 saturated heterocycles. The van der Waals surface area contributed by atoms with E-state index in [0.717, 1.165) is 5.56 Å². The van der Waals surface area contributed by atoms with Gasteiger partial charge in [-0.2, -0.15) is 4.98 Å². The number of hydrogen-bond acceptors (Lipinski definition) is 5. The SMILES string of the molecule is CC(c1nc(Cc2cccc(S(N)(=O)=O)c2)no1)C1CCC1. The van der Waals surface area contributed by atoms with Crippen molar-refractivity contribution in [1.82, 2.24) is 10.1 Å². The molecule has 1 aliphatic carbocycles. The third-order valence-electron chi connectivity index (χ3n) is 4.32. The van der Waals surface area contributed by atoms with Crippen LogP contribution in [0.5, 0.6) is 0 Å². The van der Waals surface area contributed by atoms with Crippen LogP contribution in [0, 0.1) is 5.92 Å². The van der Waals surface area contributed by atoms with E-state index in [0.29, 0.717) is 24.1 Å². The number of nitrogens with zero attached hydrogens (tertiary/aromatic N) is 2. The standard InChI is InChI=1S/C15H19N3O3S/c1-10(12-5-3-6-12)15-17-14(18-21-15)9-11-4-2-7-13(8-11)22(16,19)20/h2,4,7-8,10,12H,3,5-6,9H2,1H3,(H2,16,19,20). The smallest absolute Gasteiger partial charge is 0.238 e. The van der Waals surface area contributed by atoms with Gasteiger partial charge >= 0.3 is 0 Å². The third-order valence-corrected chi connectivity index (χ3v) is 5.23. The van der Waals surface area contributed by atoms with Crippen molar-refractivity contribution in [2.24, 2.45) is 11.1 Å². The molecule has 2 N–H and O–H groups in total. The average Bonchev–Trinajstić information content (AvgIpc) is 2.84. The van der Waals surface area contributed by atoms with Crippen molar-refractivity contribution in [2.45, 2.75) is 43.4 Å². The van der Waals surface area contributed by atoms with Gasteiger partial charge in [-0.1, -0.05) is 30.6 Å². The van der Waals surface area contributed by atoms with Gasteiger partial charge in [0, 0.05) is 12.3 Å². The molecular formula is C15H19N3O3S. The Bertz CT molecular complexity index is 766. The minimum Gasteiger partial charge on any atom is -0.339 e. The van der Waals surface area contributed by atoms with Crippen LogP contribution in [-0.4, -0.2) is 18.6 Å². The van der Waals surface area contributed by atoms with Crippen molar-refractivity contribution in [1.29, 1.82) is 0 Å². The van der Waals surface area contributed by atoms with Gasteiger partial charge < -0.3 is 4.52 Å². The number of benzene rings is 1. The van der Waals surface area contributed by atoms with Crippen LogP contribution in [-0.2, 0) is 16.4 Å². The van der Waals surface area contributed by atoms with Gasteiger partial charge in [0.2, 0.25) is 15.9 Å². The van der Waals surface area contributed by atoms with Crippen LogP contribution < -0.4 is 5.14 Å². The van der Waals surface area contributed by atoms with Gasteiger partial charge in [-0.15, -0.1) is 0 Å². The topological polar surface area (TPSA) is 99.1 Å². The molecule has 1 aromatic carbocycles. The highest BCUT2D eigenvalue weighted by molar-refractivity contribution is 7.89. The van der Waals surface area contributed by atoms with Gasteiger partial charge in [0.1, 0.15) is 0 Å². The van der Waals surface area contributed by atoms with Gasteiger partial charge in [-0.25, -0.2) is 13.6 Å². The molecule has 0 aliphatic heterocycles. The predicted octanol–water partition coefficient (Wildman–Crippen LogP) is 2.21. The predicted molar refractivity (Wildman–Crippen MR) is 80.7 cm³/mol. The summed E-state index contributed by atoms with van der Waals surface area (Å²) in [6, 6.07) is 6.49. The number of aromatic nitrogens is 2. The van der Waals surface area contributed by atoms with Crippen molar-refractivity contribution in [3.05, 3.63) is 41.5 Å². The Kier molecular flexibility index (Phi) is 4.01. The zero-order valence-electron chi connectivity index (χ0n) is 12.4. The summed E-state index contributed by atoms with van der Waals surface area (Å²) in [4.78, 5) is 4.54. The Morgan fingerprint density at radius 3 is 2.82 bits per heavy atom. The highest BCUT2D eigenvalue weighted by Gasteiger charge is 2.28. The molecule has 1 fully saturated rings. The molecule has 1 saturated carbocycles. The van der Waals surface area contributed by atoms with Crippen molar-refractivity contribution in [3.8, 4) is 0 Å². The number of hydrogen-bond donors (Lipinski definition) is 1. The lowest BCUT2D eigenvalue weighted by molar-refractivity contribution is 0.230. The van der Waals surface area contributed by atoms with Crippen molar-refractivity contribution in [2.75, 3.05) is 0 Å².